The van der Waals surface area contributed by atoms with Gasteiger partial charge in [0.15, 0.2) is 0 Å². The Hall–Kier alpha value is 0.300. The van der Waals surface area contributed by atoms with Crippen LogP contribution in [-0.4, -0.2) is 14.6 Å². The van der Waals surface area contributed by atoms with Crippen LogP contribution in [0.25, 0.3) is 0 Å². The van der Waals surface area contributed by atoms with Crippen molar-refractivity contribution in [3.8, 4) is 0 Å². The van der Waals surface area contributed by atoms with E-state index in [1.807, 2.05) is 4.91 Å². The molecule has 2 unspecified atom stereocenters. The van der Waals surface area contributed by atoms with Gasteiger partial charge in [0.2, 0.25) is 0 Å². The molecule has 0 fully saturated rings. The second-order valence-corrected chi connectivity index (χ2v) is 18.2. The molecule has 0 saturated carbocycles. The molecule has 0 heterocycles. The van der Waals surface area contributed by atoms with Crippen LogP contribution in [0.5, 0.6) is 0 Å². The number of hydrogen-bond donors (Lipinski definition) is 0. The number of unbranched alkanes of at least 4 members (excludes halogenated alkanes) is 2. The Kier molecular flexibility index (Phi) is 8.53. The first-order valence-electron chi connectivity index (χ1n) is 8.65. The second kappa shape index (κ2) is 10.1. The maximum absolute atomic E-state index is 2.68. The van der Waals surface area contributed by atoms with Crippen LogP contribution < -0.4 is 0 Å². The zero-order valence-corrected chi connectivity index (χ0v) is 16.8. The van der Waals surface area contributed by atoms with E-state index in [4.69, 9.17) is 0 Å². The average Bonchev–Trinajstić information content (AvgIpc) is 2.78. The second-order valence-electron chi connectivity index (χ2n) is 6.06. The summed E-state index contributed by atoms with van der Waals surface area (Å²) < 4.78 is 1.58. The van der Waals surface area contributed by atoms with Crippen LogP contribution in [0.1, 0.15) is 64.7 Å². The molecule has 120 valence electrons. The van der Waals surface area contributed by atoms with Crippen molar-refractivity contribution in [2.75, 3.05) is 9.36 Å². The van der Waals surface area contributed by atoms with Gasteiger partial charge in [-0.3, -0.25) is 0 Å². The van der Waals surface area contributed by atoms with Gasteiger partial charge in [0.05, 0.1) is 0 Å². The Morgan fingerprint density at radius 3 is 2.86 bits per heavy atom. The Labute approximate surface area is 140 Å². The van der Waals surface area contributed by atoms with Crippen molar-refractivity contribution < 1.29 is 0 Å². The maximum atomic E-state index is 2.68. The fourth-order valence-corrected chi connectivity index (χ4v) is 17.9. The van der Waals surface area contributed by atoms with E-state index in [1.54, 1.807) is 4.43 Å². The number of halogens is 1. The summed E-state index contributed by atoms with van der Waals surface area (Å²) in [5, 5.41) is 0.891. The van der Waals surface area contributed by atoms with Crippen LogP contribution in [0.4, 0.5) is 0 Å². The van der Waals surface area contributed by atoms with Crippen molar-refractivity contribution in [1.82, 2.24) is 0 Å². The van der Waals surface area contributed by atoms with Crippen LogP contribution in [-0.2, 0) is 8.07 Å². The Morgan fingerprint density at radius 2 is 2.10 bits per heavy atom. The summed E-state index contributed by atoms with van der Waals surface area (Å²) in [6, 6.07) is 0. The third kappa shape index (κ3) is 5.78. The molecule has 0 spiro atoms. The predicted molar refractivity (Wildman–Crippen MR) is 110 cm³/mol. The molecule has 0 N–H and O–H groups in total. The van der Waals surface area contributed by atoms with E-state index in [0.717, 1.165) is 5.25 Å². The fraction of sp³-hybridized carbons (Fsp3) is 0.684. The standard InChI is InChI=1S/C19H32IS/c1-3-4-12-17-20(2)21(19-15-10-7-11-16-19)18-13-8-5-6-9-14-18/h7-8,10,13,15,18H,3-6,9,11-12,14,16-17H2,1-2H3/q+1. The zero-order valence-electron chi connectivity index (χ0n) is 13.8. The molecule has 2 atom stereocenters. The van der Waals surface area contributed by atoms with Crippen molar-refractivity contribution in [3.05, 3.63) is 35.3 Å². The van der Waals surface area contributed by atoms with Crippen LogP contribution in [0.3, 0.4) is 0 Å². The van der Waals surface area contributed by atoms with Gasteiger partial charge in [-0.15, -0.1) is 0 Å². The van der Waals surface area contributed by atoms with Gasteiger partial charge >= 0.3 is 141 Å². The number of hydrogen-bond acceptors (Lipinski definition) is 0. The molecule has 0 aliphatic heterocycles. The van der Waals surface area contributed by atoms with E-state index < -0.39 is 18.4 Å². The van der Waals surface area contributed by atoms with E-state index in [2.05, 4.69) is 42.2 Å². The van der Waals surface area contributed by atoms with Gasteiger partial charge < -0.3 is 0 Å². The zero-order chi connectivity index (χ0) is 14.9. The van der Waals surface area contributed by atoms with Gasteiger partial charge in [0.25, 0.3) is 0 Å². The molecule has 0 radical (unpaired) electrons. The van der Waals surface area contributed by atoms with Gasteiger partial charge in [-0.25, -0.2) is 0 Å². The molecule has 0 saturated heterocycles. The average molecular weight is 419 g/mol. The van der Waals surface area contributed by atoms with E-state index in [9.17, 15) is 0 Å². The number of allylic oxidation sites excluding steroid dienone is 5. The molecular formula is C19H32IS+. The van der Waals surface area contributed by atoms with E-state index >= 15 is 0 Å². The van der Waals surface area contributed by atoms with Gasteiger partial charge in [-0.1, -0.05) is 0 Å². The third-order valence-corrected chi connectivity index (χ3v) is 18.4. The first-order chi connectivity index (χ1) is 10.3. The van der Waals surface area contributed by atoms with Gasteiger partial charge in [0, 0.05) is 0 Å². The minimum atomic E-state index is -0.833. The van der Waals surface area contributed by atoms with E-state index in [-0.39, 0.29) is 0 Å². The molecule has 0 aromatic heterocycles. The molecule has 21 heavy (non-hydrogen) atoms. The van der Waals surface area contributed by atoms with Crippen molar-refractivity contribution >= 4 is 26.5 Å². The van der Waals surface area contributed by atoms with Gasteiger partial charge in [-0.05, 0) is 0 Å². The quantitative estimate of drug-likeness (QED) is 0.144. The van der Waals surface area contributed by atoms with E-state index in [0.29, 0.717) is 8.07 Å². The molecule has 2 aliphatic carbocycles. The minimum absolute atomic E-state index is 0.623. The van der Waals surface area contributed by atoms with Crippen LogP contribution in [0.2, 0.25) is 0 Å². The Morgan fingerprint density at radius 1 is 1.19 bits per heavy atom. The van der Waals surface area contributed by atoms with Crippen molar-refractivity contribution in [2.24, 2.45) is 0 Å². The molecule has 2 heteroatoms. The molecule has 0 bridgehead atoms. The van der Waals surface area contributed by atoms with Gasteiger partial charge in [0.1, 0.15) is 0 Å². The topological polar surface area (TPSA) is 0 Å². The summed E-state index contributed by atoms with van der Waals surface area (Å²) in [7, 11) is 0.623. The van der Waals surface area contributed by atoms with Gasteiger partial charge in [-0.2, -0.15) is 0 Å². The first kappa shape index (κ1) is 17.7. The predicted octanol–water partition coefficient (Wildman–Crippen LogP) is 6.58. The monoisotopic (exact) mass is 419 g/mol. The molecule has 0 amide bonds. The fourth-order valence-electron chi connectivity index (χ4n) is 3.04. The van der Waals surface area contributed by atoms with Crippen LogP contribution in [0.15, 0.2) is 35.3 Å². The Bertz CT molecular complexity index is 383. The molecule has 0 aromatic carbocycles. The van der Waals surface area contributed by atoms with Crippen molar-refractivity contribution in [3.63, 3.8) is 0 Å². The molecule has 2 rings (SSSR count). The summed E-state index contributed by atoms with van der Waals surface area (Å²) in [5.74, 6) is 0. The van der Waals surface area contributed by atoms with Crippen LogP contribution >= 0.6 is 18.4 Å². The number of alkyl halides is 2. The van der Waals surface area contributed by atoms with Crippen molar-refractivity contribution in [1.29, 1.82) is 0 Å². The molecule has 2 aliphatic rings. The Balaban J connectivity index is 2.08. The van der Waals surface area contributed by atoms with Crippen LogP contribution in [0, 0.1) is 0 Å². The molecule has 0 aromatic rings. The van der Waals surface area contributed by atoms with E-state index in [1.165, 1.54) is 57.8 Å². The normalized spacial score (nSPS) is 24.4. The summed E-state index contributed by atoms with van der Waals surface area (Å²) in [4.78, 5) is 4.51. The summed E-state index contributed by atoms with van der Waals surface area (Å²) in [6.45, 7) is 2.33. The molecular weight excluding hydrogens is 387 g/mol. The summed E-state index contributed by atoms with van der Waals surface area (Å²) >= 11 is -0.833. The third-order valence-electron chi connectivity index (χ3n) is 4.24. The van der Waals surface area contributed by atoms with Crippen molar-refractivity contribution in [2.45, 2.75) is 70.0 Å². The molecule has 0 nitrogen and oxygen atoms in total. The first-order valence-corrected chi connectivity index (χ1v) is 16.2. The SMILES string of the molecule is CCCCCI(C)[S+](C1=CC=CCC1)C1C=CCCCC1. The summed E-state index contributed by atoms with van der Waals surface area (Å²) in [5.41, 5.74) is 0. The summed E-state index contributed by atoms with van der Waals surface area (Å²) in [6.07, 6.45) is 24.8. The number of rotatable bonds is 7.